The van der Waals surface area contributed by atoms with Gasteiger partial charge in [0, 0.05) is 24.8 Å². The molecule has 2 heteroatoms. The van der Waals surface area contributed by atoms with Crippen molar-refractivity contribution in [2.75, 3.05) is 0 Å². The van der Waals surface area contributed by atoms with Gasteiger partial charge < -0.3 is 0 Å². The second-order valence-electron chi connectivity index (χ2n) is 5.08. The van der Waals surface area contributed by atoms with Gasteiger partial charge in [0.05, 0.1) is 0 Å². The second kappa shape index (κ2) is 12.1. The van der Waals surface area contributed by atoms with E-state index in [9.17, 15) is 0 Å². The van der Waals surface area contributed by atoms with E-state index >= 15 is 0 Å². The number of aryl methyl sites for hydroxylation is 3. The van der Waals surface area contributed by atoms with E-state index in [0.29, 0.717) is 0 Å². The summed E-state index contributed by atoms with van der Waals surface area (Å²) in [4.78, 5) is 7.85. The number of nitrogens with zero attached hydrogens (tertiary/aromatic N) is 2. The van der Waals surface area contributed by atoms with Crippen LogP contribution in [-0.2, 0) is 12.8 Å². The Balaban J connectivity index is 0.000000173. The van der Waals surface area contributed by atoms with E-state index < -0.39 is 0 Å². The van der Waals surface area contributed by atoms with Gasteiger partial charge in [-0.2, -0.15) is 0 Å². The number of aromatic nitrogens is 2. The Morgan fingerprint density at radius 3 is 1.65 bits per heavy atom. The van der Waals surface area contributed by atoms with Crippen LogP contribution in [0.15, 0.2) is 79.4 Å². The maximum absolute atomic E-state index is 3.96. The van der Waals surface area contributed by atoms with Crippen LogP contribution < -0.4 is 0 Å². The van der Waals surface area contributed by atoms with Crippen molar-refractivity contribution in [1.82, 2.24) is 9.97 Å². The van der Waals surface area contributed by atoms with Crippen LogP contribution in [0.3, 0.4) is 0 Å². The summed E-state index contributed by atoms with van der Waals surface area (Å²) < 4.78 is 0. The summed E-state index contributed by atoms with van der Waals surface area (Å²) in [6, 6.07) is 18.4. The fourth-order valence-electron chi connectivity index (χ4n) is 1.76. The van der Waals surface area contributed by atoms with Crippen LogP contribution in [0.4, 0.5) is 0 Å². The molecule has 0 spiro atoms. The third-order valence-corrected chi connectivity index (χ3v) is 3.23. The maximum Gasteiger partial charge on any atom is 0.0299 e. The Hall–Kier alpha value is -2.48. The smallest absolute Gasteiger partial charge is 0.0299 e. The van der Waals surface area contributed by atoms with Gasteiger partial charge in [0.1, 0.15) is 0 Å². The fourth-order valence-corrected chi connectivity index (χ4v) is 1.76. The first-order chi connectivity index (χ1) is 11.3. The van der Waals surface area contributed by atoms with E-state index in [1.165, 1.54) is 16.7 Å². The topological polar surface area (TPSA) is 25.8 Å². The van der Waals surface area contributed by atoms with Crippen LogP contribution >= 0.6 is 0 Å². The van der Waals surface area contributed by atoms with Gasteiger partial charge in [0.15, 0.2) is 0 Å². The molecule has 0 unspecified atom stereocenters. The van der Waals surface area contributed by atoms with Crippen molar-refractivity contribution < 1.29 is 0 Å². The molecule has 0 aliphatic heterocycles. The highest BCUT2D eigenvalue weighted by Gasteiger charge is 1.81. The third kappa shape index (κ3) is 9.20. The molecule has 0 N–H and O–H groups in total. The Morgan fingerprint density at radius 2 is 1.30 bits per heavy atom. The molecule has 1 aromatic carbocycles. The van der Waals surface area contributed by atoms with Crippen molar-refractivity contribution >= 4 is 0 Å². The van der Waals surface area contributed by atoms with E-state index in [-0.39, 0.29) is 0 Å². The van der Waals surface area contributed by atoms with Crippen molar-refractivity contribution in [3.8, 4) is 0 Å². The van der Waals surface area contributed by atoms with E-state index in [4.69, 9.17) is 0 Å². The molecule has 0 atom stereocenters. The molecule has 0 radical (unpaired) electrons. The monoisotopic (exact) mass is 306 g/mol. The highest BCUT2D eigenvalue weighted by Crippen LogP contribution is 1.95. The molecule has 0 fully saturated rings. The van der Waals surface area contributed by atoms with Gasteiger partial charge in [-0.25, -0.2) is 0 Å². The van der Waals surface area contributed by atoms with E-state index in [2.05, 4.69) is 48.9 Å². The summed E-state index contributed by atoms with van der Waals surface area (Å²) in [6.07, 6.45) is 9.49. The summed E-state index contributed by atoms with van der Waals surface area (Å²) in [5.74, 6) is 0. The lowest BCUT2D eigenvalue weighted by molar-refractivity contribution is 1.10. The minimum atomic E-state index is 1.08. The zero-order valence-electron chi connectivity index (χ0n) is 14.3. The average molecular weight is 306 g/mol. The minimum absolute atomic E-state index is 1.08. The number of hydrogen-bond acceptors (Lipinski definition) is 2. The molecule has 0 bridgehead atoms. The number of pyridine rings is 2. The average Bonchev–Trinajstić information content (AvgIpc) is 2.65. The number of hydrogen-bond donors (Lipinski definition) is 0. The summed E-state index contributed by atoms with van der Waals surface area (Å²) in [7, 11) is 0. The quantitative estimate of drug-likeness (QED) is 0.643. The summed E-state index contributed by atoms with van der Waals surface area (Å²) in [5, 5.41) is 0. The van der Waals surface area contributed by atoms with Crippen molar-refractivity contribution in [2.24, 2.45) is 0 Å². The Kier molecular flexibility index (Phi) is 9.77. The molecule has 3 aromatic rings. The van der Waals surface area contributed by atoms with Crippen LogP contribution in [-0.4, -0.2) is 9.97 Å². The van der Waals surface area contributed by atoms with Crippen molar-refractivity contribution in [3.63, 3.8) is 0 Å². The number of benzene rings is 1. The second-order valence-corrected chi connectivity index (χ2v) is 5.08. The van der Waals surface area contributed by atoms with Crippen molar-refractivity contribution in [1.29, 1.82) is 0 Å². The molecule has 3 rings (SSSR count). The first-order valence-corrected chi connectivity index (χ1v) is 8.05. The molecule has 2 nitrogen and oxygen atoms in total. The number of rotatable bonds is 2. The van der Waals surface area contributed by atoms with E-state index in [1.807, 2.05) is 55.0 Å². The Labute approximate surface area is 140 Å². The van der Waals surface area contributed by atoms with Crippen LogP contribution in [0.25, 0.3) is 0 Å². The van der Waals surface area contributed by atoms with Gasteiger partial charge in [-0.15, -0.1) is 0 Å². The van der Waals surface area contributed by atoms with Crippen LogP contribution in [0.5, 0.6) is 0 Å². The van der Waals surface area contributed by atoms with Gasteiger partial charge in [0.2, 0.25) is 0 Å². The predicted octanol–water partition coefficient (Wildman–Crippen LogP) is 5.28. The van der Waals surface area contributed by atoms with Gasteiger partial charge in [-0.3, -0.25) is 9.97 Å². The van der Waals surface area contributed by atoms with Crippen molar-refractivity contribution in [2.45, 2.75) is 33.6 Å². The van der Waals surface area contributed by atoms with Crippen LogP contribution in [0.1, 0.15) is 30.5 Å². The maximum atomic E-state index is 3.96. The molecule has 0 amide bonds. The lowest BCUT2D eigenvalue weighted by Crippen LogP contribution is -1.77. The summed E-state index contributed by atoms with van der Waals surface area (Å²) >= 11 is 0. The van der Waals surface area contributed by atoms with Crippen LogP contribution in [0, 0.1) is 6.92 Å². The molecule has 0 aliphatic carbocycles. The Morgan fingerprint density at radius 1 is 0.652 bits per heavy atom. The molecule has 120 valence electrons. The highest BCUT2D eigenvalue weighted by molar-refractivity contribution is 5.11. The molecule has 0 saturated heterocycles. The van der Waals surface area contributed by atoms with Crippen molar-refractivity contribution in [3.05, 3.63) is 96.1 Å². The minimum Gasteiger partial charge on any atom is -0.265 e. The SMILES string of the molecule is CCc1cccnc1.CCc1ccncc1.Cc1ccccc1. The highest BCUT2D eigenvalue weighted by atomic mass is 14.6. The summed E-state index contributed by atoms with van der Waals surface area (Å²) in [5.41, 5.74) is 3.97. The molecule has 0 saturated carbocycles. The lowest BCUT2D eigenvalue weighted by Gasteiger charge is -1.89. The van der Waals surface area contributed by atoms with Gasteiger partial charge in [0.25, 0.3) is 0 Å². The van der Waals surface area contributed by atoms with Crippen LogP contribution in [0.2, 0.25) is 0 Å². The first kappa shape index (κ1) is 18.6. The molecule has 0 aliphatic rings. The predicted molar refractivity (Wildman–Crippen MR) is 98.4 cm³/mol. The molecule has 23 heavy (non-hydrogen) atoms. The lowest BCUT2D eigenvalue weighted by atomic mass is 10.2. The largest absolute Gasteiger partial charge is 0.265 e. The molecular weight excluding hydrogens is 280 g/mol. The van der Waals surface area contributed by atoms with Gasteiger partial charge in [-0.05, 0) is 49.1 Å². The van der Waals surface area contributed by atoms with E-state index in [0.717, 1.165) is 12.8 Å². The van der Waals surface area contributed by atoms with E-state index in [1.54, 1.807) is 6.20 Å². The zero-order valence-corrected chi connectivity index (χ0v) is 14.3. The third-order valence-electron chi connectivity index (χ3n) is 3.23. The molecule has 2 aromatic heterocycles. The van der Waals surface area contributed by atoms with Gasteiger partial charge in [-0.1, -0.05) is 55.8 Å². The fraction of sp³-hybridized carbons (Fsp3) is 0.238. The Bertz CT molecular complexity index is 568. The zero-order chi connectivity index (χ0) is 16.8. The summed E-state index contributed by atoms with van der Waals surface area (Å²) in [6.45, 7) is 6.34. The molecule has 2 heterocycles. The molecular formula is C21H26N2. The normalized spacial score (nSPS) is 9.00. The standard InChI is InChI=1S/2C7H9N.C7H8/c1-2-7-3-5-8-6-4-7;1-2-7-4-3-5-8-6-7;1-7-5-3-2-4-6-7/h2*3-6H,2H2,1H3;2-6H,1H3. The first-order valence-electron chi connectivity index (χ1n) is 8.05. The van der Waals surface area contributed by atoms with Gasteiger partial charge >= 0.3 is 0 Å².